The number of carbonyl (C=O) groups excluding carboxylic acids is 1. The van der Waals surface area contributed by atoms with Crippen LogP contribution < -0.4 is 16.4 Å². The number of aromatic nitrogens is 3. The number of nitrogens with zero attached hydrogens (tertiary/aromatic N) is 4. The zero-order valence-electron chi connectivity index (χ0n) is 16.0. The third-order valence-corrected chi connectivity index (χ3v) is 5.69. The molecule has 0 radical (unpaired) electrons. The number of alkyl halides is 2. The van der Waals surface area contributed by atoms with Crippen molar-refractivity contribution in [3.05, 3.63) is 35.5 Å². The van der Waals surface area contributed by atoms with Gasteiger partial charge in [0, 0.05) is 25.4 Å². The molecule has 8 nitrogen and oxygen atoms in total. The zero-order chi connectivity index (χ0) is 21.3. The summed E-state index contributed by atoms with van der Waals surface area (Å²) in [5.41, 5.74) is 8.50. The van der Waals surface area contributed by atoms with E-state index in [0.717, 1.165) is 10.2 Å². The van der Waals surface area contributed by atoms with E-state index < -0.39 is 17.9 Å². The van der Waals surface area contributed by atoms with E-state index in [1.54, 1.807) is 5.51 Å². The maximum atomic E-state index is 14.2. The Morgan fingerprint density at radius 2 is 2.20 bits per heavy atom. The highest BCUT2D eigenvalue weighted by Crippen LogP contribution is 2.32. The van der Waals surface area contributed by atoms with Gasteiger partial charge in [-0.2, -0.15) is 13.8 Å². The lowest BCUT2D eigenvalue weighted by Gasteiger charge is -2.31. The number of thiazole rings is 1. The minimum Gasteiger partial charge on any atom is -0.365 e. The van der Waals surface area contributed by atoms with Gasteiger partial charge in [-0.25, -0.2) is 9.97 Å². The SMILES string of the molecule is CN=C1[C@H](Nc2ncc(C(N)=O)c(Nc3ccc4scnc4c3)n2)CCCC1(F)F. The minimum absolute atomic E-state index is 0.0808. The molecule has 4 rings (SSSR count). The number of rotatable bonds is 5. The van der Waals surface area contributed by atoms with Crippen LogP contribution in [-0.2, 0) is 0 Å². The van der Waals surface area contributed by atoms with Crippen molar-refractivity contribution in [1.29, 1.82) is 0 Å². The van der Waals surface area contributed by atoms with Gasteiger partial charge in [0.2, 0.25) is 5.95 Å². The van der Waals surface area contributed by atoms with E-state index in [9.17, 15) is 13.6 Å². The minimum atomic E-state index is -2.97. The van der Waals surface area contributed by atoms with Crippen LogP contribution in [0.1, 0.15) is 29.6 Å². The van der Waals surface area contributed by atoms with Gasteiger partial charge in [-0.1, -0.05) is 0 Å². The molecule has 11 heteroatoms. The molecule has 1 aliphatic carbocycles. The van der Waals surface area contributed by atoms with E-state index in [4.69, 9.17) is 5.73 Å². The number of fused-ring (bicyclic) bond motifs is 1. The summed E-state index contributed by atoms with van der Waals surface area (Å²) in [7, 11) is 1.35. The molecule has 1 saturated carbocycles. The summed E-state index contributed by atoms with van der Waals surface area (Å²) in [6.07, 6.45) is 1.87. The maximum Gasteiger partial charge on any atom is 0.287 e. The highest BCUT2D eigenvalue weighted by atomic mass is 32.1. The Balaban J connectivity index is 1.63. The summed E-state index contributed by atoms with van der Waals surface area (Å²) in [5.74, 6) is -3.41. The van der Waals surface area contributed by atoms with Gasteiger partial charge < -0.3 is 16.4 Å². The number of nitrogens with two attached hydrogens (primary N) is 1. The predicted molar refractivity (Wildman–Crippen MR) is 113 cm³/mol. The summed E-state index contributed by atoms with van der Waals surface area (Å²) in [6.45, 7) is 0. The van der Waals surface area contributed by atoms with E-state index in [1.807, 2.05) is 18.2 Å². The van der Waals surface area contributed by atoms with Crippen molar-refractivity contribution < 1.29 is 13.6 Å². The first kappa shape index (κ1) is 20.1. The molecule has 1 fully saturated rings. The van der Waals surface area contributed by atoms with Gasteiger partial charge in [-0.15, -0.1) is 11.3 Å². The summed E-state index contributed by atoms with van der Waals surface area (Å²) in [6, 6.07) is 4.84. The van der Waals surface area contributed by atoms with Gasteiger partial charge >= 0.3 is 0 Å². The highest BCUT2D eigenvalue weighted by Gasteiger charge is 2.43. The molecule has 1 aliphatic rings. The molecule has 2 aromatic heterocycles. The van der Waals surface area contributed by atoms with Crippen molar-refractivity contribution in [2.24, 2.45) is 10.7 Å². The van der Waals surface area contributed by atoms with Gasteiger partial charge in [0.1, 0.15) is 17.1 Å². The van der Waals surface area contributed by atoms with Gasteiger partial charge in [0.15, 0.2) is 0 Å². The molecule has 2 heterocycles. The quantitative estimate of drug-likeness (QED) is 0.568. The van der Waals surface area contributed by atoms with Crippen molar-refractivity contribution in [2.75, 3.05) is 17.7 Å². The van der Waals surface area contributed by atoms with Crippen molar-refractivity contribution in [2.45, 2.75) is 31.2 Å². The Bertz CT molecular complexity index is 1130. The lowest BCUT2D eigenvalue weighted by atomic mass is 9.90. The van der Waals surface area contributed by atoms with E-state index in [0.29, 0.717) is 18.5 Å². The van der Waals surface area contributed by atoms with E-state index >= 15 is 0 Å². The second-order valence-corrected chi connectivity index (χ2v) is 7.77. The zero-order valence-corrected chi connectivity index (χ0v) is 16.8. The van der Waals surface area contributed by atoms with E-state index in [1.165, 1.54) is 24.6 Å². The standard InChI is InChI=1S/C19H19F2N7OS/c1-23-15-12(3-2-6-19(15,20)21)27-18-24-8-11(16(22)29)17(28-18)26-10-4-5-14-13(7-10)25-9-30-14/h4-5,7-9,12H,2-3,6H2,1H3,(H2,22,29)(H2,24,26,27,28)/t12-/m1/s1. The van der Waals surface area contributed by atoms with Crippen LogP contribution in [0.3, 0.4) is 0 Å². The second-order valence-electron chi connectivity index (χ2n) is 6.88. The van der Waals surface area contributed by atoms with Crippen LogP contribution in [0.5, 0.6) is 0 Å². The molecular weight excluding hydrogens is 412 g/mol. The number of hydrogen-bond donors (Lipinski definition) is 3. The average molecular weight is 431 g/mol. The van der Waals surface area contributed by atoms with E-state index in [2.05, 4.69) is 30.6 Å². The summed E-state index contributed by atoms with van der Waals surface area (Å²) >= 11 is 1.51. The molecule has 0 spiro atoms. The molecule has 0 unspecified atom stereocenters. The summed E-state index contributed by atoms with van der Waals surface area (Å²) in [5, 5.41) is 5.97. The first-order chi connectivity index (χ1) is 14.4. The monoisotopic (exact) mass is 431 g/mol. The summed E-state index contributed by atoms with van der Waals surface area (Å²) in [4.78, 5) is 28.3. The third kappa shape index (κ3) is 3.92. The first-order valence-electron chi connectivity index (χ1n) is 9.26. The summed E-state index contributed by atoms with van der Waals surface area (Å²) < 4.78 is 29.4. The Hall–Kier alpha value is -3.21. The molecule has 1 aromatic carbocycles. The van der Waals surface area contributed by atoms with Gasteiger partial charge in [0.25, 0.3) is 11.8 Å². The van der Waals surface area contributed by atoms with Crippen molar-refractivity contribution in [3.8, 4) is 0 Å². The number of anilines is 3. The van der Waals surface area contributed by atoms with Crippen molar-refractivity contribution in [1.82, 2.24) is 15.0 Å². The molecule has 1 amide bonds. The number of halogens is 2. The second kappa shape index (κ2) is 7.90. The molecule has 0 bridgehead atoms. The lowest BCUT2D eigenvalue weighted by molar-refractivity contribution is 0.0535. The topological polar surface area (TPSA) is 118 Å². The van der Waals surface area contributed by atoms with Crippen LogP contribution in [0.25, 0.3) is 10.2 Å². The smallest absolute Gasteiger partial charge is 0.287 e. The number of amides is 1. The normalized spacial score (nSPS) is 19.7. The number of aliphatic imine (C=N–C) groups is 1. The predicted octanol–water partition coefficient (Wildman–Crippen LogP) is 3.60. The Morgan fingerprint density at radius 3 is 2.97 bits per heavy atom. The van der Waals surface area contributed by atoms with Crippen LogP contribution in [-0.4, -0.2) is 45.6 Å². The Morgan fingerprint density at radius 1 is 1.37 bits per heavy atom. The molecule has 4 N–H and O–H groups in total. The largest absolute Gasteiger partial charge is 0.365 e. The van der Waals surface area contributed by atoms with Crippen molar-refractivity contribution >= 4 is 50.6 Å². The molecule has 1 atom stereocenters. The van der Waals surface area contributed by atoms with Crippen LogP contribution in [0.4, 0.5) is 26.2 Å². The van der Waals surface area contributed by atoms with Gasteiger partial charge in [0.05, 0.1) is 21.8 Å². The molecular formula is C19H19F2N7OS. The van der Waals surface area contributed by atoms with Crippen LogP contribution in [0, 0.1) is 0 Å². The van der Waals surface area contributed by atoms with E-state index in [-0.39, 0.29) is 29.5 Å². The number of nitrogens with one attached hydrogen (secondary N) is 2. The fourth-order valence-electron chi connectivity index (χ4n) is 3.46. The maximum absolute atomic E-state index is 14.2. The molecule has 3 aromatic rings. The molecule has 30 heavy (non-hydrogen) atoms. The van der Waals surface area contributed by atoms with Gasteiger partial charge in [-0.3, -0.25) is 9.79 Å². The third-order valence-electron chi connectivity index (χ3n) is 4.88. The number of hydrogen-bond acceptors (Lipinski definition) is 8. The fourth-order valence-corrected chi connectivity index (χ4v) is 4.12. The lowest BCUT2D eigenvalue weighted by Crippen LogP contribution is -2.46. The number of primary amides is 1. The Kier molecular flexibility index (Phi) is 5.29. The van der Waals surface area contributed by atoms with Crippen LogP contribution in [0.2, 0.25) is 0 Å². The molecule has 156 valence electrons. The molecule has 0 saturated heterocycles. The molecule has 0 aliphatic heterocycles. The van der Waals surface area contributed by atoms with Crippen molar-refractivity contribution in [3.63, 3.8) is 0 Å². The first-order valence-corrected chi connectivity index (χ1v) is 10.1. The average Bonchev–Trinajstić information content (AvgIpc) is 3.15. The highest BCUT2D eigenvalue weighted by molar-refractivity contribution is 7.16. The Labute approximate surface area is 174 Å². The van der Waals surface area contributed by atoms with Crippen LogP contribution >= 0.6 is 11.3 Å². The number of benzene rings is 1. The van der Waals surface area contributed by atoms with Gasteiger partial charge in [-0.05, 0) is 31.0 Å². The fraction of sp³-hybridized carbons (Fsp3) is 0.316. The van der Waals surface area contributed by atoms with Crippen LogP contribution in [0.15, 0.2) is 34.9 Å². The number of carbonyl (C=O) groups is 1.